The molecular formula is C23H21N5O3S. The monoisotopic (exact) mass is 447 g/mol. The van der Waals surface area contributed by atoms with E-state index < -0.39 is 0 Å². The van der Waals surface area contributed by atoms with Crippen LogP contribution in [0.2, 0.25) is 0 Å². The number of rotatable bonds is 8. The van der Waals surface area contributed by atoms with Gasteiger partial charge in [0.2, 0.25) is 5.91 Å². The molecule has 8 nitrogen and oxygen atoms in total. The first-order valence-corrected chi connectivity index (χ1v) is 10.7. The Labute approximate surface area is 189 Å². The summed E-state index contributed by atoms with van der Waals surface area (Å²) in [6.45, 7) is 0. The third-order valence-electron chi connectivity index (χ3n) is 4.56. The van der Waals surface area contributed by atoms with E-state index in [2.05, 4.69) is 20.5 Å². The molecule has 1 amide bonds. The summed E-state index contributed by atoms with van der Waals surface area (Å²) in [6, 6.07) is 20.3. The molecule has 0 unspecified atom stereocenters. The van der Waals surface area contributed by atoms with Crippen LogP contribution in [0.1, 0.15) is 0 Å². The molecule has 0 aliphatic rings. The largest absolute Gasteiger partial charge is 0.497 e. The molecule has 2 aromatic carbocycles. The van der Waals surface area contributed by atoms with Crippen molar-refractivity contribution < 1.29 is 14.3 Å². The van der Waals surface area contributed by atoms with Crippen LogP contribution in [0.5, 0.6) is 11.5 Å². The Bertz CT molecular complexity index is 1200. The minimum absolute atomic E-state index is 0.154. The van der Waals surface area contributed by atoms with E-state index in [1.165, 1.54) is 11.8 Å². The van der Waals surface area contributed by atoms with Gasteiger partial charge in [-0.15, -0.1) is 10.2 Å². The van der Waals surface area contributed by atoms with Gasteiger partial charge < -0.3 is 14.8 Å². The van der Waals surface area contributed by atoms with Gasteiger partial charge in [0.05, 0.1) is 25.7 Å². The molecule has 1 N–H and O–H groups in total. The summed E-state index contributed by atoms with van der Waals surface area (Å²) in [4.78, 5) is 16.9. The molecule has 0 fully saturated rings. The van der Waals surface area contributed by atoms with Crippen molar-refractivity contribution in [3.05, 3.63) is 72.9 Å². The Balaban J connectivity index is 1.59. The highest BCUT2D eigenvalue weighted by Crippen LogP contribution is 2.31. The number of hydrogen-bond acceptors (Lipinski definition) is 7. The fourth-order valence-electron chi connectivity index (χ4n) is 3.06. The highest BCUT2D eigenvalue weighted by Gasteiger charge is 2.20. The zero-order valence-corrected chi connectivity index (χ0v) is 18.4. The summed E-state index contributed by atoms with van der Waals surface area (Å²) in [5.41, 5.74) is 2.12. The first kappa shape index (κ1) is 21.4. The lowest BCUT2D eigenvalue weighted by Crippen LogP contribution is -2.14. The van der Waals surface area contributed by atoms with Crippen molar-refractivity contribution >= 4 is 23.4 Å². The molecule has 0 radical (unpaired) electrons. The third-order valence-corrected chi connectivity index (χ3v) is 5.49. The van der Waals surface area contributed by atoms with E-state index in [0.717, 1.165) is 11.4 Å². The van der Waals surface area contributed by atoms with Gasteiger partial charge >= 0.3 is 0 Å². The zero-order chi connectivity index (χ0) is 22.3. The maximum absolute atomic E-state index is 12.5. The smallest absolute Gasteiger partial charge is 0.234 e. The molecule has 4 aromatic rings. The second kappa shape index (κ2) is 9.97. The molecule has 9 heteroatoms. The summed E-state index contributed by atoms with van der Waals surface area (Å²) < 4.78 is 12.5. The predicted octanol–water partition coefficient (Wildman–Crippen LogP) is 4.08. The van der Waals surface area contributed by atoms with Crippen LogP contribution in [0.4, 0.5) is 5.69 Å². The van der Waals surface area contributed by atoms with Crippen molar-refractivity contribution in [2.24, 2.45) is 0 Å². The minimum atomic E-state index is -0.158. The number of thioether (sulfide) groups is 1. The van der Waals surface area contributed by atoms with Gasteiger partial charge in [-0.3, -0.25) is 14.3 Å². The van der Waals surface area contributed by atoms with Gasteiger partial charge in [0.25, 0.3) is 0 Å². The molecule has 2 heterocycles. The van der Waals surface area contributed by atoms with Gasteiger partial charge in [0.15, 0.2) is 11.0 Å². The van der Waals surface area contributed by atoms with Crippen molar-refractivity contribution in [3.63, 3.8) is 0 Å². The van der Waals surface area contributed by atoms with Gasteiger partial charge in [-0.1, -0.05) is 30.0 Å². The Morgan fingerprint density at radius 2 is 1.75 bits per heavy atom. The van der Waals surface area contributed by atoms with Gasteiger partial charge in [-0.05, 0) is 48.5 Å². The molecule has 0 aliphatic carbocycles. The lowest BCUT2D eigenvalue weighted by molar-refractivity contribution is -0.113. The van der Waals surface area contributed by atoms with Crippen LogP contribution in [0.25, 0.3) is 17.2 Å². The normalized spacial score (nSPS) is 10.6. The number of nitrogens with one attached hydrogen (secondary N) is 1. The third kappa shape index (κ3) is 4.73. The number of para-hydroxylation sites is 2. The van der Waals surface area contributed by atoms with Crippen LogP contribution < -0.4 is 14.8 Å². The van der Waals surface area contributed by atoms with E-state index in [-0.39, 0.29) is 11.7 Å². The number of nitrogens with zero attached hydrogens (tertiary/aromatic N) is 4. The van der Waals surface area contributed by atoms with Crippen LogP contribution in [0.3, 0.4) is 0 Å². The van der Waals surface area contributed by atoms with E-state index in [1.54, 1.807) is 44.7 Å². The molecule has 0 saturated carbocycles. The number of pyridine rings is 1. The lowest BCUT2D eigenvalue weighted by atomic mass is 10.2. The van der Waals surface area contributed by atoms with E-state index >= 15 is 0 Å². The number of carbonyl (C=O) groups is 1. The van der Waals surface area contributed by atoms with Crippen LogP contribution >= 0.6 is 11.8 Å². The summed E-state index contributed by atoms with van der Waals surface area (Å²) in [5.74, 6) is 1.95. The van der Waals surface area contributed by atoms with Crippen molar-refractivity contribution in [1.29, 1.82) is 0 Å². The molecule has 4 rings (SSSR count). The maximum atomic E-state index is 12.5. The SMILES string of the molecule is COc1ccc(NC(=O)CSc2nnc(-c3ccccn3)n2-c2ccccc2OC)cc1. The molecular weight excluding hydrogens is 426 g/mol. The van der Waals surface area contributed by atoms with Crippen LogP contribution in [0, 0.1) is 0 Å². The highest BCUT2D eigenvalue weighted by atomic mass is 32.2. The van der Waals surface area contributed by atoms with E-state index in [4.69, 9.17) is 9.47 Å². The minimum Gasteiger partial charge on any atom is -0.497 e. The number of ether oxygens (including phenoxy) is 2. The number of aromatic nitrogens is 4. The summed E-state index contributed by atoms with van der Waals surface area (Å²) >= 11 is 1.28. The van der Waals surface area contributed by atoms with E-state index in [1.807, 2.05) is 47.0 Å². The number of anilines is 1. The molecule has 0 atom stereocenters. The average Bonchev–Trinajstić information content (AvgIpc) is 3.27. The van der Waals surface area contributed by atoms with Crippen molar-refractivity contribution in [1.82, 2.24) is 19.7 Å². The second-order valence-electron chi connectivity index (χ2n) is 6.59. The number of carbonyl (C=O) groups excluding carboxylic acids is 1. The molecule has 0 spiro atoms. The van der Waals surface area contributed by atoms with Crippen molar-refractivity contribution in [2.75, 3.05) is 25.3 Å². The fourth-order valence-corrected chi connectivity index (χ4v) is 3.80. The Morgan fingerprint density at radius 3 is 2.47 bits per heavy atom. The van der Waals surface area contributed by atoms with Gasteiger partial charge in [-0.25, -0.2) is 0 Å². The first-order chi connectivity index (χ1) is 15.7. The molecule has 0 saturated heterocycles. The van der Waals surface area contributed by atoms with Crippen molar-refractivity contribution in [3.8, 4) is 28.7 Å². The fraction of sp³-hybridized carbons (Fsp3) is 0.130. The molecule has 0 aliphatic heterocycles. The number of amides is 1. The summed E-state index contributed by atoms with van der Waals surface area (Å²) in [7, 11) is 3.21. The van der Waals surface area contributed by atoms with E-state index in [0.29, 0.717) is 28.1 Å². The van der Waals surface area contributed by atoms with Crippen molar-refractivity contribution in [2.45, 2.75) is 5.16 Å². The van der Waals surface area contributed by atoms with Gasteiger partial charge in [0.1, 0.15) is 17.2 Å². The van der Waals surface area contributed by atoms with Gasteiger partial charge in [-0.2, -0.15) is 0 Å². The molecule has 0 bridgehead atoms. The zero-order valence-electron chi connectivity index (χ0n) is 17.6. The Hall–Kier alpha value is -3.85. The molecule has 162 valence electrons. The number of benzene rings is 2. The Morgan fingerprint density at radius 1 is 0.969 bits per heavy atom. The summed E-state index contributed by atoms with van der Waals surface area (Å²) in [6.07, 6.45) is 1.70. The van der Waals surface area contributed by atoms with Crippen LogP contribution in [0.15, 0.2) is 78.1 Å². The van der Waals surface area contributed by atoms with Crippen LogP contribution in [-0.2, 0) is 4.79 Å². The van der Waals surface area contributed by atoms with Crippen LogP contribution in [-0.4, -0.2) is 45.6 Å². The quantitative estimate of drug-likeness (QED) is 0.407. The lowest BCUT2D eigenvalue weighted by Gasteiger charge is -2.13. The molecule has 32 heavy (non-hydrogen) atoms. The Kier molecular flexibility index (Phi) is 6.66. The number of hydrogen-bond donors (Lipinski definition) is 1. The van der Waals surface area contributed by atoms with Gasteiger partial charge in [0, 0.05) is 11.9 Å². The molecule has 2 aromatic heterocycles. The van der Waals surface area contributed by atoms with E-state index in [9.17, 15) is 4.79 Å². The summed E-state index contributed by atoms with van der Waals surface area (Å²) in [5, 5.41) is 12.1. The highest BCUT2D eigenvalue weighted by molar-refractivity contribution is 7.99. The topological polar surface area (TPSA) is 91.2 Å². The first-order valence-electron chi connectivity index (χ1n) is 9.76. The average molecular weight is 448 g/mol. The maximum Gasteiger partial charge on any atom is 0.234 e. The predicted molar refractivity (Wildman–Crippen MR) is 123 cm³/mol. The second-order valence-corrected chi connectivity index (χ2v) is 7.54. The standard InChI is InChI=1S/C23H21N5O3S/c1-30-17-12-10-16(11-13-17)25-21(29)15-32-23-27-26-22(18-7-5-6-14-24-18)28(23)19-8-3-4-9-20(19)31-2/h3-14H,15H2,1-2H3,(H,25,29). The number of methoxy groups -OCH3 is 2.